The van der Waals surface area contributed by atoms with Crippen LogP contribution in [0.1, 0.15) is 24.4 Å². The number of nitrogens with zero attached hydrogens (tertiary/aromatic N) is 2. The molecule has 0 saturated carbocycles. The molecule has 0 radical (unpaired) electrons. The summed E-state index contributed by atoms with van der Waals surface area (Å²) >= 11 is 0. The van der Waals surface area contributed by atoms with E-state index in [0.29, 0.717) is 5.69 Å². The number of nitrogens with one attached hydrogen (secondary N) is 1. The first-order chi connectivity index (χ1) is 11.3. The van der Waals surface area contributed by atoms with E-state index < -0.39 is 20.0 Å². The average molecular weight is 370 g/mol. The zero-order valence-electron chi connectivity index (χ0n) is 12.8. The van der Waals surface area contributed by atoms with Gasteiger partial charge in [0.15, 0.2) is 0 Å². The highest BCUT2D eigenvalue weighted by Gasteiger charge is 2.19. The fourth-order valence-electron chi connectivity index (χ4n) is 2.63. The molecule has 0 amide bonds. The number of hydrogen-bond donors (Lipinski definition) is 2. The molecular formula is C14H18N4O4S2. The van der Waals surface area contributed by atoms with Crippen LogP contribution in [0, 0.1) is 0 Å². The van der Waals surface area contributed by atoms with E-state index in [2.05, 4.69) is 9.71 Å². The van der Waals surface area contributed by atoms with Crippen LogP contribution in [0.5, 0.6) is 0 Å². The van der Waals surface area contributed by atoms with Crippen LogP contribution in [0.2, 0.25) is 0 Å². The number of benzene rings is 1. The summed E-state index contributed by atoms with van der Waals surface area (Å²) in [6.07, 6.45) is 4.92. The lowest BCUT2D eigenvalue weighted by atomic mass is 10.2. The highest BCUT2D eigenvalue weighted by molar-refractivity contribution is 7.90. The van der Waals surface area contributed by atoms with Crippen LogP contribution >= 0.6 is 0 Å². The Morgan fingerprint density at radius 3 is 2.62 bits per heavy atom. The summed E-state index contributed by atoms with van der Waals surface area (Å²) in [5.74, 6) is 0.965. The highest BCUT2D eigenvalue weighted by Crippen LogP contribution is 2.17. The lowest BCUT2D eigenvalue weighted by Gasteiger charge is -2.11. The van der Waals surface area contributed by atoms with Crippen molar-refractivity contribution in [3.63, 3.8) is 0 Å². The number of aromatic nitrogens is 2. The Morgan fingerprint density at radius 1 is 1.17 bits per heavy atom. The first-order valence-corrected chi connectivity index (χ1v) is 10.5. The fourth-order valence-corrected chi connectivity index (χ4v) is 4.31. The molecule has 0 saturated heterocycles. The van der Waals surface area contributed by atoms with E-state index in [1.165, 1.54) is 18.2 Å². The molecule has 1 aromatic heterocycles. The molecule has 0 fully saturated rings. The smallest absolute Gasteiger partial charge is 0.240 e. The van der Waals surface area contributed by atoms with Gasteiger partial charge in [0.05, 0.1) is 22.0 Å². The van der Waals surface area contributed by atoms with Crippen LogP contribution in [-0.2, 0) is 39.6 Å². The van der Waals surface area contributed by atoms with Crippen LogP contribution in [0.25, 0.3) is 0 Å². The first-order valence-electron chi connectivity index (χ1n) is 7.43. The number of nitrogens with two attached hydrogens (primary N) is 1. The topological polar surface area (TPSA) is 124 Å². The van der Waals surface area contributed by atoms with E-state index in [1.807, 2.05) is 10.8 Å². The quantitative estimate of drug-likeness (QED) is 0.785. The van der Waals surface area contributed by atoms with Gasteiger partial charge in [-0.05, 0) is 31.0 Å². The Bertz CT molecular complexity index is 941. The summed E-state index contributed by atoms with van der Waals surface area (Å²) < 4.78 is 51.9. The minimum Gasteiger partial charge on any atom is -0.335 e. The van der Waals surface area contributed by atoms with Crippen molar-refractivity contribution < 1.29 is 16.8 Å². The van der Waals surface area contributed by atoms with Crippen LogP contribution in [-0.4, -0.2) is 26.4 Å². The molecule has 2 aromatic rings. The number of aryl methyl sites for hydroxylation is 2. The Labute approximate surface area is 140 Å². The Balaban J connectivity index is 1.78. The van der Waals surface area contributed by atoms with Gasteiger partial charge in [0.2, 0.25) is 20.0 Å². The zero-order valence-corrected chi connectivity index (χ0v) is 14.5. The number of sulfonamides is 2. The van der Waals surface area contributed by atoms with Gasteiger partial charge in [0.1, 0.15) is 5.82 Å². The minimum atomic E-state index is -3.96. The number of primary sulfonamides is 1. The zero-order chi connectivity index (χ0) is 17.4. The van der Waals surface area contributed by atoms with Crippen molar-refractivity contribution in [3.05, 3.63) is 42.0 Å². The Morgan fingerprint density at radius 2 is 1.92 bits per heavy atom. The predicted molar refractivity (Wildman–Crippen MR) is 87.0 cm³/mol. The molecule has 0 aliphatic carbocycles. The van der Waals surface area contributed by atoms with Gasteiger partial charge in [0.25, 0.3) is 0 Å². The maximum atomic E-state index is 12.3. The molecule has 0 bridgehead atoms. The molecule has 1 aliphatic rings. The summed E-state index contributed by atoms with van der Waals surface area (Å²) in [7, 11) is -7.82. The maximum absolute atomic E-state index is 12.3. The van der Waals surface area contributed by atoms with Crippen LogP contribution in [0.3, 0.4) is 0 Å². The van der Waals surface area contributed by atoms with E-state index in [9.17, 15) is 16.8 Å². The third kappa shape index (κ3) is 3.66. The molecular weight excluding hydrogens is 352 g/mol. The summed E-state index contributed by atoms with van der Waals surface area (Å²) in [5.41, 5.74) is 0.637. The molecule has 3 rings (SSSR count). The molecule has 3 N–H and O–H groups in total. The second kappa shape index (κ2) is 6.28. The van der Waals surface area contributed by atoms with E-state index in [0.717, 1.165) is 37.7 Å². The molecule has 10 heteroatoms. The second-order valence-electron chi connectivity index (χ2n) is 5.64. The molecule has 0 spiro atoms. The monoisotopic (exact) mass is 370 g/mol. The lowest BCUT2D eigenvalue weighted by Crippen LogP contribution is -2.24. The van der Waals surface area contributed by atoms with E-state index >= 15 is 0 Å². The molecule has 0 atom stereocenters. The van der Waals surface area contributed by atoms with Crippen molar-refractivity contribution in [2.75, 3.05) is 0 Å². The number of imidazole rings is 1. The highest BCUT2D eigenvalue weighted by atomic mass is 32.2. The summed E-state index contributed by atoms with van der Waals surface area (Å²) in [6.45, 7) is 0.938. The number of hydrogen-bond acceptors (Lipinski definition) is 5. The minimum absolute atomic E-state index is 0.0436. The van der Waals surface area contributed by atoms with E-state index in [-0.39, 0.29) is 16.3 Å². The Hall–Kier alpha value is -1.75. The number of fused-ring (bicyclic) bond motifs is 1. The van der Waals surface area contributed by atoms with Gasteiger partial charge in [-0.25, -0.2) is 31.7 Å². The molecule has 8 nitrogen and oxygen atoms in total. The van der Waals surface area contributed by atoms with Gasteiger partial charge >= 0.3 is 0 Å². The second-order valence-corrected chi connectivity index (χ2v) is 8.97. The predicted octanol–water partition coefficient (Wildman–Crippen LogP) is 0.345. The standard InChI is InChI=1S/C14H18N4O4S2/c15-23(19,20)12-4-3-5-13(8-12)24(21,22)16-9-11-10-18-7-2-1-6-14(18)17-11/h3-5,8,10,16H,1-2,6-7,9H2,(H2,15,19,20). The van der Waals surface area contributed by atoms with Gasteiger partial charge < -0.3 is 4.57 Å². The van der Waals surface area contributed by atoms with E-state index in [4.69, 9.17) is 5.14 Å². The summed E-state index contributed by atoms with van der Waals surface area (Å²) in [4.78, 5) is 4.02. The average Bonchev–Trinajstić information content (AvgIpc) is 2.95. The van der Waals surface area contributed by atoms with Crippen molar-refractivity contribution in [3.8, 4) is 0 Å². The van der Waals surface area contributed by atoms with E-state index in [1.54, 1.807) is 0 Å². The van der Waals surface area contributed by atoms with Crippen LogP contribution in [0.4, 0.5) is 0 Å². The van der Waals surface area contributed by atoms with Crippen molar-refractivity contribution in [2.45, 2.75) is 42.1 Å². The van der Waals surface area contributed by atoms with Crippen molar-refractivity contribution in [2.24, 2.45) is 5.14 Å². The third-order valence-corrected chi connectivity index (χ3v) is 6.16. The molecule has 24 heavy (non-hydrogen) atoms. The number of rotatable bonds is 5. The molecule has 0 unspecified atom stereocenters. The SMILES string of the molecule is NS(=O)(=O)c1cccc(S(=O)(=O)NCc2cn3c(n2)CCCC3)c1. The Kier molecular flexibility index (Phi) is 4.47. The van der Waals surface area contributed by atoms with Crippen molar-refractivity contribution in [1.29, 1.82) is 0 Å². The normalized spacial score (nSPS) is 15.2. The van der Waals surface area contributed by atoms with Crippen LogP contribution in [0.15, 0.2) is 40.3 Å². The van der Waals surface area contributed by atoms with Crippen molar-refractivity contribution in [1.82, 2.24) is 14.3 Å². The van der Waals surface area contributed by atoms with Gasteiger partial charge in [-0.15, -0.1) is 0 Å². The molecule has 1 aliphatic heterocycles. The first kappa shape index (κ1) is 17.1. The van der Waals surface area contributed by atoms with Gasteiger partial charge in [0, 0.05) is 19.2 Å². The summed E-state index contributed by atoms with van der Waals surface area (Å²) in [6, 6.07) is 4.94. The maximum Gasteiger partial charge on any atom is 0.240 e. The van der Waals surface area contributed by atoms with Gasteiger partial charge in [-0.2, -0.15) is 0 Å². The fraction of sp³-hybridized carbons (Fsp3) is 0.357. The third-order valence-electron chi connectivity index (χ3n) is 3.85. The lowest BCUT2D eigenvalue weighted by molar-refractivity contribution is 0.522. The van der Waals surface area contributed by atoms with Gasteiger partial charge in [-0.1, -0.05) is 6.07 Å². The molecule has 130 valence electrons. The molecule has 2 heterocycles. The van der Waals surface area contributed by atoms with Gasteiger partial charge in [-0.3, -0.25) is 0 Å². The largest absolute Gasteiger partial charge is 0.335 e. The van der Waals surface area contributed by atoms with Crippen LogP contribution < -0.4 is 9.86 Å². The van der Waals surface area contributed by atoms with Crippen molar-refractivity contribution >= 4 is 20.0 Å². The summed E-state index contributed by atoms with van der Waals surface area (Å²) in [5, 5.41) is 5.03. The molecule has 1 aromatic carbocycles.